The van der Waals surface area contributed by atoms with Gasteiger partial charge >= 0.3 is 5.97 Å². The van der Waals surface area contributed by atoms with Crippen LogP contribution in [-0.2, 0) is 22.7 Å². The molecule has 5 heteroatoms. The Labute approximate surface area is 166 Å². The maximum atomic E-state index is 12.4. The first-order valence-corrected chi connectivity index (χ1v) is 9.31. The van der Waals surface area contributed by atoms with Crippen molar-refractivity contribution in [2.45, 2.75) is 47.3 Å². The molecule has 0 unspecified atom stereocenters. The molecule has 1 heterocycles. The van der Waals surface area contributed by atoms with Gasteiger partial charge in [-0.25, -0.2) is 4.79 Å². The maximum Gasteiger partial charge on any atom is 0.349 e. The first-order chi connectivity index (χ1) is 13.4. The Bertz CT molecular complexity index is 969. The quantitative estimate of drug-likeness (QED) is 0.400. The first-order valence-electron chi connectivity index (χ1n) is 9.31. The van der Waals surface area contributed by atoms with Crippen molar-refractivity contribution in [2.24, 2.45) is 5.92 Å². The zero-order chi connectivity index (χ0) is 20.7. The van der Waals surface area contributed by atoms with Gasteiger partial charge in [-0.3, -0.25) is 0 Å². The van der Waals surface area contributed by atoms with Crippen molar-refractivity contribution < 1.29 is 9.53 Å². The van der Waals surface area contributed by atoms with Crippen molar-refractivity contribution >= 4 is 12.0 Å². The van der Waals surface area contributed by atoms with Gasteiger partial charge in [0.15, 0.2) is 0 Å². The van der Waals surface area contributed by atoms with Gasteiger partial charge in [0.2, 0.25) is 0 Å². The second-order valence-corrected chi connectivity index (χ2v) is 7.18. The van der Waals surface area contributed by atoms with Gasteiger partial charge in [0.1, 0.15) is 18.2 Å². The Kier molecular flexibility index (Phi) is 7.18. The molecule has 2 aromatic rings. The Balaban J connectivity index is 2.17. The van der Waals surface area contributed by atoms with E-state index >= 15 is 0 Å². The molecular weight excluding hydrogens is 350 g/mol. The number of aryl methyl sites for hydroxylation is 1. The van der Waals surface area contributed by atoms with Gasteiger partial charge in [0.05, 0.1) is 11.6 Å². The third kappa shape index (κ3) is 5.11. The van der Waals surface area contributed by atoms with Gasteiger partial charge in [-0.15, -0.1) is 0 Å². The summed E-state index contributed by atoms with van der Waals surface area (Å²) < 4.78 is 7.47. The molecule has 0 N–H and O–H groups in total. The summed E-state index contributed by atoms with van der Waals surface area (Å²) in [4.78, 5) is 12.4. The van der Waals surface area contributed by atoms with Crippen molar-refractivity contribution in [1.29, 1.82) is 10.5 Å². The van der Waals surface area contributed by atoms with Crippen LogP contribution in [0.15, 0.2) is 35.9 Å². The number of hydrogen-bond acceptors (Lipinski definition) is 4. The fourth-order valence-electron chi connectivity index (χ4n) is 2.97. The highest BCUT2D eigenvalue weighted by atomic mass is 16.5. The molecule has 0 atom stereocenters. The van der Waals surface area contributed by atoms with E-state index in [4.69, 9.17) is 10.00 Å². The highest BCUT2D eigenvalue weighted by Gasteiger charge is 2.15. The van der Waals surface area contributed by atoms with Crippen LogP contribution >= 0.6 is 0 Å². The monoisotopic (exact) mass is 375 g/mol. The zero-order valence-electron chi connectivity index (χ0n) is 16.8. The third-order valence-corrected chi connectivity index (χ3v) is 4.68. The predicted molar refractivity (Wildman–Crippen MR) is 108 cm³/mol. The lowest BCUT2D eigenvalue weighted by molar-refractivity contribution is -0.139. The summed E-state index contributed by atoms with van der Waals surface area (Å²) >= 11 is 0. The van der Waals surface area contributed by atoms with Crippen molar-refractivity contribution in [3.8, 4) is 12.1 Å². The molecule has 1 aromatic heterocycles. The predicted octanol–water partition coefficient (Wildman–Crippen LogP) is 4.67. The van der Waals surface area contributed by atoms with E-state index < -0.39 is 5.97 Å². The molecule has 2 rings (SSSR count). The minimum atomic E-state index is -0.692. The van der Waals surface area contributed by atoms with Crippen molar-refractivity contribution in [1.82, 2.24) is 4.57 Å². The van der Waals surface area contributed by atoms with E-state index in [0.29, 0.717) is 17.0 Å². The SMILES string of the molecule is Cc1cc(/C=C(\C#N)C(=O)OCc2ccccc2C#N)c(C)n1CCC(C)C. The molecule has 5 nitrogen and oxygen atoms in total. The fraction of sp³-hybridized carbons (Fsp3) is 0.348. The lowest BCUT2D eigenvalue weighted by atomic mass is 10.1. The summed E-state index contributed by atoms with van der Waals surface area (Å²) in [6.07, 6.45) is 2.64. The molecule has 0 fully saturated rings. The van der Waals surface area contributed by atoms with Crippen LogP contribution in [0.4, 0.5) is 0 Å². The maximum absolute atomic E-state index is 12.4. The molecule has 0 amide bonds. The smallest absolute Gasteiger partial charge is 0.349 e. The molecule has 28 heavy (non-hydrogen) atoms. The van der Waals surface area contributed by atoms with Gasteiger partial charge in [-0.2, -0.15) is 10.5 Å². The number of nitrogens with zero attached hydrogens (tertiary/aromatic N) is 3. The summed E-state index contributed by atoms with van der Waals surface area (Å²) in [6, 6.07) is 12.9. The number of carbonyl (C=O) groups is 1. The van der Waals surface area contributed by atoms with E-state index in [2.05, 4.69) is 24.5 Å². The average molecular weight is 375 g/mol. The van der Waals surface area contributed by atoms with Crippen LogP contribution in [0.1, 0.15) is 48.3 Å². The van der Waals surface area contributed by atoms with E-state index in [0.717, 1.165) is 29.9 Å². The average Bonchev–Trinajstić information content (AvgIpc) is 2.95. The van der Waals surface area contributed by atoms with Crippen LogP contribution in [0.2, 0.25) is 0 Å². The number of carbonyl (C=O) groups excluding carboxylic acids is 1. The molecule has 144 valence electrons. The highest BCUT2D eigenvalue weighted by Crippen LogP contribution is 2.20. The summed E-state index contributed by atoms with van der Waals surface area (Å²) in [5, 5.41) is 18.5. The normalized spacial score (nSPS) is 11.2. The van der Waals surface area contributed by atoms with Crippen LogP contribution in [0.25, 0.3) is 6.08 Å². The summed E-state index contributed by atoms with van der Waals surface area (Å²) in [6.45, 7) is 9.23. The molecule has 0 aliphatic heterocycles. The Morgan fingerprint density at radius 3 is 2.61 bits per heavy atom. The minimum Gasteiger partial charge on any atom is -0.457 e. The van der Waals surface area contributed by atoms with Crippen LogP contribution in [0.3, 0.4) is 0 Å². The van der Waals surface area contributed by atoms with Gasteiger partial charge in [0, 0.05) is 23.5 Å². The Hall–Kier alpha value is -3.31. The summed E-state index contributed by atoms with van der Waals surface area (Å²) in [5.74, 6) is -0.0941. The molecular formula is C23H25N3O2. The van der Waals surface area contributed by atoms with Crippen LogP contribution in [0, 0.1) is 42.4 Å². The molecule has 0 aliphatic rings. The van der Waals surface area contributed by atoms with E-state index in [1.807, 2.05) is 26.0 Å². The Morgan fingerprint density at radius 1 is 1.25 bits per heavy atom. The van der Waals surface area contributed by atoms with E-state index in [-0.39, 0.29) is 12.2 Å². The van der Waals surface area contributed by atoms with Crippen LogP contribution < -0.4 is 0 Å². The van der Waals surface area contributed by atoms with Gasteiger partial charge < -0.3 is 9.30 Å². The van der Waals surface area contributed by atoms with Crippen LogP contribution in [0.5, 0.6) is 0 Å². The number of ether oxygens (including phenoxy) is 1. The first kappa shape index (κ1) is 21.0. The van der Waals surface area contributed by atoms with Gasteiger partial charge in [0.25, 0.3) is 0 Å². The minimum absolute atomic E-state index is 0.0466. The summed E-state index contributed by atoms with van der Waals surface area (Å²) in [7, 11) is 0. The second-order valence-electron chi connectivity index (χ2n) is 7.18. The van der Waals surface area contributed by atoms with Gasteiger partial charge in [-0.05, 0) is 50.0 Å². The van der Waals surface area contributed by atoms with Crippen molar-refractivity contribution in [2.75, 3.05) is 0 Å². The molecule has 0 bridgehead atoms. The largest absolute Gasteiger partial charge is 0.457 e. The Morgan fingerprint density at radius 2 is 1.96 bits per heavy atom. The number of nitriles is 2. The van der Waals surface area contributed by atoms with Crippen molar-refractivity contribution in [3.63, 3.8) is 0 Å². The molecule has 0 aliphatic carbocycles. The second kappa shape index (κ2) is 9.58. The van der Waals surface area contributed by atoms with Gasteiger partial charge in [-0.1, -0.05) is 32.0 Å². The molecule has 0 spiro atoms. The fourth-order valence-corrected chi connectivity index (χ4v) is 2.97. The molecule has 0 saturated carbocycles. The number of aromatic nitrogens is 1. The van der Waals surface area contributed by atoms with E-state index in [9.17, 15) is 10.1 Å². The van der Waals surface area contributed by atoms with E-state index in [1.165, 1.54) is 0 Å². The number of hydrogen-bond donors (Lipinski definition) is 0. The molecule has 0 saturated heterocycles. The number of benzene rings is 1. The lowest BCUT2D eigenvalue weighted by Gasteiger charge is -2.11. The lowest BCUT2D eigenvalue weighted by Crippen LogP contribution is -2.08. The number of esters is 1. The molecule has 1 aromatic carbocycles. The zero-order valence-corrected chi connectivity index (χ0v) is 16.8. The number of rotatable bonds is 7. The van der Waals surface area contributed by atoms with Crippen LogP contribution in [-0.4, -0.2) is 10.5 Å². The standard InChI is InChI=1S/C23H25N3O2/c1-16(2)9-10-26-17(3)11-21(18(26)4)12-22(14-25)23(27)28-15-20-8-6-5-7-19(20)13-24/h5-8,11-12,16H,9-10,15H2,1-4H3/b22-12+. The highest BCUT2D eigenvalue weighted by molar-refractivity contribution is 5.98. The van der Waals surface area contributed by atoms with Crippen molar-refractivity contribution in [3.05, 3.63) is 64.0 Å². The third-order valence-electron chi connectivity index (χ3n) is 4.68. The summed E-state index contributed by atoms with van der Waals surface area (Å²) in [5.41, 5.74) is 3.96. The molecule has 0 radical (unpaired) electrons. The van der Waals surface area contributed by atoms with E-state index in [1.54, 1.807) is 30.3 Å². The topological polar surface area (TPSA) is 78.8 Å².